The standard InChI is InChI=1S/C16H22N2O/c1-11(2)16-7-6-15(8-12(16)3)19-10-14(9-17)18-13-4-5-13/h6-8,11,13-14,18H,4-5,10H2,1-3H3. The van der Waals surface area contributed by atoms with Crippen LogP contribution < -0.4 is 10.1 Å². The Morgan fingerprint density at radius 3 is 2.68 bits per heavy atom. The van der Waals surface area contributed by atoms with E-state index in [0.29, 0.717) is 18.6 Å². The van der Waals surface area contributed by atoms with E-state index in [1.54, 1.807) is 0 Å². The van der Waals surface area contributed by atoms with Gasteiger partial charge in [-0.05, 0) is 48.9 Å². The van der Waals surface area contributed by atoms with E-state index in [0.717, 1.165) is 5.75 Å². The first-order valence-corrected chi connectivity index (χ1v) is 6.99. The minimum Gasteiger partial charge on any atom is -0.491 e. The predicted octanol–water partition coefficient (Wildman–Crippen LogP) is 3.14. The van der Waals surface area contributed by atoms with Crippen molar-refractivity contribution in [1.29, 1.82) is 5.26 Å². The number of hydrogen-bond donors (Lipinski definition) is 1. The SMILES string of the molecule is Cc1cc(OCC(C#N)NC2CC2)ccc1C(C)C. The Morgan fingerprint density at radius 2 is 2.16 bits per heavy atom. The zero-order chi connectivity index (χ0) is 13.8. The third-order valence-corrected chi connectivity index (χ3v) is 3.45. The molecule has 0 amide bonds. The minimum absolute atomic E-state index is 0.211. The molecule has 1 unspecified atom stereocenters. The van der Waals surface area contributed by atoms with E-state index in [1.165, 1.54) is 24.0 Å². The molecule has 1 atom stereocenters. The highest BCUT2D eigenvalue weighted by Gasteiger charge is 2.24. The Morgan fingerprint density at radius 1 is 1.42 bits per heavy atom. The molecule has 1 aliphatic carbocycles. The third-order valence-electron chi connectivity index (χ3n) is 3.45. The van der Waals surface area contributed by atoms with Crippen molar-refractivity contribution in [3.63, 3.8) is 0 Å². The molecule has 1 aromatic carbocycles. The summed E-state index contributed by atoms with van der Waals surface area (Å²) in [5.74, 6) is 1.37. The fraction of sp³-hybridized carbons (Fsp3) is 0.562. The van der Waals surface area contributed by atoms with Crippen molar-refractivity contribution in [3.8, 4) is 11.8 Å². The number of nitrogens with zero attached hydrogens (tertiary/aromatic N) is 1. The van der Waals surface area contributed by atoms with Gasteiger partial charge in [0, 0.05) is 6.04 Å². The number of rotatable bonds is 6. The summed E-state index contributed by atoms with van der Waals surface area (Å²) in [6.45, 7) is 6.89. The highest BCUT2D eigenvalue weighted by Crippen LogP contribution is 2.24. The normalized spacial score (nSPS) is 16.2. The summed E-state index contributed by atoms with van der Waals surface area (Å²) in [6, 6.07) is 8.73. The molecule has 0 bridgehead atoms. The summed E-state index contributed by atoms with van der Waals surface area (Å²) in [5, 5.41) is 12.3. The number of nitriles is 1. The van der Waals surface area contributed by atoms with Gasteiger partial charge < -0.3 is 4.74 Å². The van der Waals surface area contributed by atoms with Crippen LogP contribution in [0.4, 0.5) is 0 Å². The molecule has 1 fully saturated rings. The summed E-state index contributed by atoms with van der Waals surface area (Å²) in [4.78, 5) is 0. The van der Waals surface area contributed by atoms with Crippen molar-refractivity contribution in [2.45, 2.75) is 51.6 Å². The lowest BCUT2D eigenvalue weighted by Gasteiger charge is -2.15. The lowest BCUT2D eigenvalue weighted by molar-refractivity contribution is 0.288. The summed E-state index contributed by atoms with van der Waals surface area (Å²) in [5.41, 5.74) is 2.59. The smallest absolute Gasteiger partial charge is 0.130 e. The molecule has 0 heterocycles. The van der Waals surface area contributed by atoms with E-state index in [-0.39, 0.29) is 6.04 Å². The van der Waals surface area contributed by atoms with Crippen LogP contribution in [0.15, 0.2) is 18.2 Å². The molecule has 0 spiro atoms. The maximum atomic E-state index is 9.06. The van der Waals surface area contributed by atoms with Gasteiger partial charge in [0.2, 0.25) is 0 Å². The van der Waals surface area contributed by atoms with Crippen LogP contribution in [-0.4, -0.2) is 18.7 Å². The van der Waals surface area contributed by atoms with Gasteiger partial charge in [-0.1, -0.05) is 19.9 Å². The van der Waals surface area contributed by atoms with E-state index >= 15 is 0 Å². The van der Waals surface area contributed by atoms with E-state index in [4.69, 9.17) is 10.00 Å². The van der Waals surface area contributed by atoms with Crippen LogP contribution in [0.5, 0.6) is 5.75 Å². The van der Waals surface area contributed by atoms with Crippen molar-refractivity contribution in [3.05, 3.63) is 29.3 Å². The average molecular weight is 258 g/mol. The number of hydrogen-bond acceptors (Lipinski definition) is 3. The molecule has 2 rings (SSSR count). The van der Waals surface area contributed by atoms with Crippen LogP contribution in [-0.2, 0) is 0 Å². The van der Waals surface area contributed by atoms with Crippen LogP contribution in [0, 0.1) is 18.3 Å². The maximum Gasteiger partial charge on any atom is 0.130 e. The molecule has 19 heavy (non-hydrogen) atoms. The van der Waals surface area contributed by atoms with Crippen LogP contribution in [0.3, 0.4) is 0 Å². The van der Waals surface area contributed by atoms with Gasteiger partial charge in [0.15, 0.2) is 0 Å². The van der Waals surface area contributed by atoms with Gasteiger partial charge in [-0.2, -0.15) is 5.26 Å². The average Bonchev–Trinajstić information content (AvgIpc) is 3.18. The van der Waals surface area contributed by atoms with Crippen LogP contribution in [0.25, 0.3) is 0 Å². The first-order chi connectivity index (χ1) is 9.10. The second-order valence-electron chi connectivity index (χ2n) is 5.61. The highest BCUT2D eigenvalue weighted by molar-refractivity contribution is 5.36. The van der Waals surface area contributed by atoms with E-state index < -0.39 is 0 Å². The first kappa shape index (κ1) is 13.9. The van der Waals surface area contributed by atoms with Gasteiger partial charge in [-0.25, -0.2) is 0 Å². The van der Waals surface area contributed by atoms with Gasteiger partial charge >= 0.3 is 0 Å². The molecule has 0 radical (unpaired) electrons. The van der Waals surface area contributed by atoms with Gasteiger partial charge in [-0.15, -0.1) is 0 Å². The fourth-order valence-corrected chi connectivity index (χ4v) is 2.22. The van der Waals surface area contributed by atoms with E-state index in [1.807, 2.05) is 6.07 Å². The maximum absolute atomic E-state index is 9.06. The second kappa shape index (κ2) is 6.08. The zero-order valence-corrected chi connectivity index (χ0v) is 11.9. The summed E-state index contributed by atoms with van der Waals surface area (Å²) in [6.07, 6.45) is 2.36. The Balaban J connectivity index is 1.91. The van der Waals surface area contributed by atoms with Crippen LogP contribution >= 0.6 is 0 Å². The predicted molar refractivity (Wildman–Crippen MR) is 76.3 cm³/mol. The fourth-order valence-electron chi connectivity index (χ4n) is 2.22. The summed E-state index contributed by atoms with van der Waals surface area (Å²) < 4.78 is 5.72. The molecule has 0 saturated heterocycles. The molecule has 3 nitrogen and oxygen atoms in total. The van der Waals surface area contributed by atoms with Crippen molar-refractivity contribution in [2.75, 3.05) is 6.61 Å². The molecule has 1 aliphatic rings. The van der Waals surface area contributed by atoms with Gasteiger partial charge in [-0.3, -0.25) is 5.32 Å². The molecule has 0 aliphatic heterocycles. The van der Waals surface area contributed by atoms with Crippen molar-refractivity contribution < 1.29 is 4.74 Å². The molecule has 0 aromatic heterocycles. The Labute approximate surface area is 115 Å². The zero-order valence-electron chi connectivity index (χ0n) is 11.9. The lowest BCUT2D eigenvalue weighted by atomic mass is 9.98. The number of aryl methyl sites for hydroxylation is 1. The van der Waals surface area contributed by atoms with Crippen LogP contribution in [0.1, 0.15) is 43.7 Å². The highest BCUT2D eigenvalue weighted by atomic mass is 16.5. The number of ether oxygens (including phenoxy) is 1. The third kappa shape index (κ3) is 3.97. The second-order valence-corrected chi connectivity index (χ2v) is 5.61. The van der Waals surface area contributed by atoms with Crippen molar-refractivity contribution in [1.82, 2.24) is 5.32 Å². The van der Waals surface area contributed by atoms with Crippen molar-refractivity contribution in [2.24, 2.45) is 0 Å². The molecule has 1 N–H and O–H groups in total. The quantitative estimate of drug-likeness (QED) is 0.852. The minimum atomic E-state index is -0.211. The first-order valence-electron chi connectivity index (χ1n) is 6.99. The Bertz CT molecular complexity index is 472. The molecule has 1 aromatic rings. The van der Waals surface area contributed by atoms with Gasteiger partial charge in [0.05, 0.1) is 6.07 Å². The monoisotopic (exact) mass is 258 g/mol. The Hall–Kier alpha value is -1.53. The molecular weight excluding hydrogens is 236 g/mol. The number of benzene rings is 1. The van der Waals surface area contributed by atoms with Crippen molar-refractivity contribution >= 4 is 0 Å². The molecule has 3 heteroatoms. The van der Waals surface area contributed by atoms with Gasteiger partial charge in [0.1, 0.15) is 18.4 Å². The van der Waals surface area contributed by atoms with E-state index in [2.05, 4.69) is 44.3 Å². The molecule has 1 saturated carbocycles. The molecule has 102 valence electrons. The van der Waals surface area contributed by atoms with E-state index in [9.17, 15) is 0 Å². The topological polar surface area (TPSA) is 45.0 Å². The van der Waals surface area contributed by atoms with Gasteiger partial charge in [0.25, 0.3) is 0 Å². The Kier molecular flexibility index (Phi) is 4.44. The molecular formula is C16H22N2O. The largest absolute Gasteiger partial charge is 0.491 e. The number of nitrogens with one attached hydrogen (secondary N) is 1. The van der Waals surface area contributed by atoms with Crippen LogP contribution in [0.2, 0.25) is 0 Å². The lowest BCUT2D eigenvalue weighted by Crippen LogP contribution is -2.34. The summed E-state index contributed by atoms with van der Waals surface area (Å²) >= 11 is 0. The summed E-state index contributed by atoms with van der Waals surface area (Å²) in [7, 11) is 0.